The highest BCUT2D eigenvalue weighted by Crippen LogP contribution is 2.42. The predicted molar refractivity (Wildman–Crippen MR) is 114 cm³/mol. The zero-order chi connectivity index (χ0) is 20.7. The molecule has 0 spiro atoms. The van der Waals surface area contributed by atoms with Gasteiger partial charge in [0.25, 0.3) is 11.8 Å². The molecule has 0 unspecified atom stereocenters. The topological polar surface area (TPSA) is 72.2 Å². The number of benzene rings is 2. The lowest BCUT2D eigenvalue weighted by Gasteiger charge is -2.33. The highest BCUT2D eigenvalue weighted by Gasteiger charge is 2.31. The monoisotopic (exact) mass is 396 g/mol. The van der Waals surface area contributed by atoms with Gasteiger partial charge in [-0.2, -0.15) is 0 Å². The molecule has 148 valence electrons. The summed E-state index contributed by atoms with van der Waals surface area (Å²) in [5.74, 6) is -0.826. The zero-order valence-electron chi connectivity index (χ0n) is 17.2. The maximum Gasteiger partial charge on any atom is 0.252 e. The third-order valence-electron chi connectivity index (χ3n) is 4.72. The Morgan fingerprint density at radius 2 is 1.71 bits per heavy atom. The lowest BCUT2D eigenvalue weighted by Crippen LogP contribution is -2.46. The Morgan fingerprint density at radius 3 is 2.36 bits per heavy atom. The molecule has 0 saturated heterocycles. The minimum absolute atomic E-state index is 0.0682. The molecule has 1 aliphatic rings. The molecule has 1 heterocycles. The number of nitrogens with one attached hydrogen (secondary N) is 1. The molecule has 2 aromatic carbocycles. The molecule has 2 aromatic rings. The molecule has 3 N–H and O–H groups in total. The van der Waals surface area contributed by atoms with Crippen LogP contribution in [0.2, 0.25) is 0 Å². The number of rotatable bonds is 4. The Hall–Kier alpha value is -2.27. The molecule has 0 atom stereocenters. The molecular weight excluding hydrogens is 368 g/mol. The lowest BCUT2D eigenvalue weighted by molar-refractivity contribution is 0.0880. The third-order valence-corrected chi connectivity index (χ3v) is 6.01. The molecule has 28 heavy (non-hydrogen) atoms. The molecule has 0 fully saturated rings. The normalized spacial score (nSPS) is 13.5. The number of carbonyl (C=O) groups excluding carboxylic acids is 2. The van der Waals surface area contributed by atoms with Crippen LogP contribution in [-0.2, 0) is 6.42 Å². The van der Waals surface area contributed by atoms with Crippen LogP contribution in [0, 0.1) is 5.41 Å². The van der Waals surface area contributed by atoms with Crippen LogP contribution >= 0.6 is 11.8 Å². The van der Waals surface area contributed by atoms with E-state index in [1.54, 1.807) is 6.07 Å². The van der Waals surface area contributed by atoms with Crippen molar-refractivity contribution < 1.29 is 9.59 Å². The van der Waals surface area contributed by atoms with E-state index >= 15 is 0 Å². The van der Waals surface area contributed by atoms with Gasteiger partial charge in [0.1, 0.15) is 0 Å². The predicted octanol–water partition coefficient (Wildman–Crippen LogP) is 4.79. The van der Waals surface area contributed by atoms with E-state index in [-0.39, 0.29) is 11.3 Å². The summed E-state index contributed by atoms with van der Waals surface area (Å²) in [5.41, 5.74) is 8.31. The largest absolute Gasteiger partial charge is 0.366 e. The van der Waals surface area contributed by atoms with Crippen molar-refractivity contribution in [2.45, 2.75) is 62.8 Å². The molecule has 0 radical (unpaired) electrons. The summed E-state index contributed by atoms with van der Waals surface area (Å²) in [6.07, 6.45) is 1.54. The first-order valence-electron chi connectivity index (χ1n) is 9.51. The fraction of sp³-hybridized carbons (Fsp3) is 0.391. The van der Waals surface area contributed by atoms with Crippen LogP contribution in [0.1, 0.15) is 72.9 Å². The third kappa shape index (κ3) is 4.41. The van der Waals surface area contributed by atoms with E-state index in [0.717, 1.165) is 28.2 Å². The smallest absolute Gasteiger partial charge is 0.252 e. The average molecular weight is 397 g/mol. The number of hydrogen-bond acceptors (Lipinski definition) is 3. The van der Waals surface area contributed by atoms with Crippen molar-refractivity contribution in [3.8, 4) is 0 Å². The first kappa shape index (κ1) is 20.5. The Kier molecular flexibility index (Phi) is 5.32. The first-order valence-corrected chi connectivity index (χ1v) is 10.3. The van der Waals surface area contributed by atoms with Crippen molar-refractivity contribution >= 4 is 23.6 Å². The summed E-state index contributed by atoms with van der Waals surface area (Å²) >= 11 is 1.52. The number of primary amides is 1. The summed E-state index contributed by atoms with van der Waals surface area (Å²) in [6.45, 7) is 10.4. The van der Waals surface area contributed by atoms with E-state index in [0.29, 0.717) is 11.1 Å². The number of nitrogens with two attached hydrogens (primary N) is 1. The lowest BCUT2D eigenvalue weighted by atomic mass is 9.81. The van der Waals surface area contributed by atoms with E-state index in [2.05, 4.69) is 32.2 Å². The minimum atomic E-state index is -0.567. The van der Waals surface area contributed by atoms with Crippen LogP contribution in [0.15, 0.2) is 46.2 Å². The first-order chi connectivity index (χ1) is 13.0. The van der Waals surface area contributed by atoms with Gasteiger partial charge in [-0.15, -0.1) is 0 Å². The number of fused-ring (bicyclic) bond motifs is 2. The minimum Gasteiger partial charge on any atom is -0.366 e. The molecule has 1 aliphatic heterocycles. The van der Waals surface area contributed by atoms with Crippen LogP contribution in [0.25, 0.3) is 0 Å². The summed E-state index contributed by atoms with van der Waals surface area (Å²) in [5, 5.41) is 3.09. The van der Waals surface area contributed by atoms with Gasteiger partial charge >= 0.3 is 0 Å². The average Bonchev–Trinajstić information content (AvgIpc) is 2.55. The van der Waals surface area contributed by atoms with Gasteiger partial charge in [-0.25, -0.2) is 0 Å². The number of amides is 2. The molecule has 0 bridgehead atoms. The second kappa shape index (κ2) is 7.28. The van der Waals surface area contributed by atoms with E-state index in [9.17, 15) is 9.59 Å². The van der Waals surface area contributed by atoms with Crippen molar-refractivity contribution in [3.63, 3.8) is 0 Å². The van der Waals surface area contributed by atoms with Gasteiger partial charge in [0.05, 0.1) is 11.1 Å². The molecule has 4 nitrogen and oxygen atoms in total. The van der Waals surface area contributed by atoms with Crippen LogP contribution in [0.5, 0.6) is 0 Å². The molecule has 0 aliphatic carbocycles. The molecule has 0 aromatic heterocycles. The molecular formula is C23H28N2O2S. The summed E-state index contributed by atoms with van der Waals surface area (Å²) in [6, 6.07) is 11.8. The van der Waals surface area contributed by atoms with Gasteiger partial charge < -0.3 is 11.1 Å². The second-order valence-corrected chi connectivity index (χ2v) is 10.4. The molecule has 5 heteroatoms. The summed E-state index contributed by atoms with van der Waals surface area (Å²) < 4.78 is 0. The second-order valence-electron chi connectivity index (χ2n) is 9.30. The maximum atomic E-state index is 13.1. The summed E-state index contributed by atoms with van der Waals surface area (Å²) in [7, 11) is 0. The maximum absolute atomic E-state index is 13.1. The van der Waals surface area contributed by atoms with Crippen LogP contribution in [0.4, 0.5) is 0 Å². The highest BCUT2D eigenvalue weighted by molar-refractivity contribution is 7.99. The van der Waals surface area contributed by atoms with Gasteiger partial charge in [-0.3, -0.25) is 9.59 Å². The van der Waals surface area contributed by atoms with E-state index in [1.165, 1.54) is 17.3 Å². The van der Waals surface area contributed by atoms with E-state index < -0.39 is 11.4 Å². The Morgan fingerprint density at radius 1 is 1.04 bits per heavy atom. The SMILES string of the molecule is CC(C)(C)CC(C)(C)NC(=O)c1ccc2c(c1C(N)=O)Sc1ccccc1C2. The molecule has 0 saturated carbocycles. The van der Waals surface area contributed by atoms with E-state index in [1.807, 2.05) is 38.1 Å². The fourth-order valence-corrected chi connectivity index (χ4v) is 5.35. The molecule has 2 amide bonds. The van der Waals surface area contributed by atoms with Crippen LogP contribution < -0.4 is 11.1 Å². The standard InChI is InChI=1S/C23H28N2O2S/c1-22(2,3)13-23(4,5)25-21(27)16-11-10-15-12-14-8-6-7-9-17(14)28-19(15)18(16)20(24)26/h6-11H,12-13H2,1-5H3,(H2,24,26)(H,25,27). The number of carbonyl (C=O) groups is 2. The summed E-state index contributed by atoms with van der Waals surface area (Å²) in [4.78, 5) is 27.3. The van der Waals surface area contributed by atoms with Gasteiger partial charge in [0.15, 0.2) is 0 Å². The molecule has 3 rings (SSSR count). The van der Waals surface area contributed by atoms with E-state index in [4.69, 9.17) is 5.73 Å². The van der Waals surface area contributed by atoms with Gasteiger partial charge in [-0.1, -0.05) is 56.8 Å². The van der Waals surface area contributed by atoms with Crippen molar-refractivity contribution in [3.05, 3.63) is 58.7 Å². The van der Waals surface area contributed by atoms with Crippen molar-refractivity contribution in [2.24, 2.45) is 11.1 Å². The Balaban J connectivity index is 1.97. The highest BCUT2D eigenvalue weighted by atomic mass is 32.2. The number of hydrogen-bond donors (Lipinski definition) is 2. The van der Waals surface area contributed by atoms with Gasteiger partial charge in [-0.05, 0) is 55.4 Å². The van der Waals surface area contributed by atoms with Crippen molar-refractivity contribution in [1.82, 2.24) is 5.32 Å². The van der Waals surface area contributed by atoms with Crippen LogP contribution in [0.3, 0.4) is 0 Å². The zero-order valence-corrected chi connectivity index (χ0v) is 18.0. The van der Waals surface area contributed by atoms with Crippen molar-refractivity contribution in [1.29, 1.82) is 0 Å². The quantitative estimate of drug-likeness (QED) is 0.666. The van der Waals surface area contributed by atoms with Gasteiger partial charge in [0.2, 0.25) is 0 Å². The Labute approximate surface area is 171 Å². The van der Waals surface area contributed by atoms with Crippen molar-refractivity contribution in [2.75, 3.05) is 0 Å². The Bertz CT molecular complexity index is 942. The van der Waals surface area contributed by atoms with Gasteiger partial charge in [0, 0.05) is 15.3 Å². The fourth-order valence-electron chi connectivity index (χ4n) is 4.12. The van der Waals surface area contributed by atoms with Crippen LogP contribution in [-0.4, -0.2) is 17.4 Å².